The van der Waals surface area contributed by atoms with Gasteiger partial charge in [-0.3, -0.25) is 0 Å². The summed E-state index contributed by atoms with van der Waals surface area (Å²) < 4.78 is 5.54. The molecular formula is C19H22O2. The topological polar surface area (TPSA) is 26.3 Å². The fourth-order valence-electron chi connectivity index (χ4n) is 2.11. The summed E-state index contributed by atoms with van der Waals surface area (Å²) in [5.41, 5.74) is 2.95. The van der Waals surface area contributed by atoms with E-state index < -0.39 is 0 Å². The van der Waals surface area contributed by atoms with Crippen molar-refractivity contribution in [2.24, 2.45) is 0 Å². The maximum absolute atomic E-state index is 12.2. The lowest BCUT2D eigenvalue weighted by molar-refractivity contribution is 0.0734. The molecule has 0 aliphatic rings. The molecule has 0 aliphatic heterocycles. The molecule has 2 heteroatoms. The van der Waals surface area contributed by atoms with Crippen molar-refractivity contribution in [1.82, 2.24) is 0 Å². The van der Waals surface area contributed by atoms with Crippen LogP contribution < -0.4 is 4.74 Å². The monoisotopic (exact) mass is 282 g/mol. The molecule has 0 radical (unpaired) electrons. The first-order valence-electron chi connectivity index (χ1n) is 7.39. The zero-order chi connectivity index (χ0) is 15.4. The minimum Gasteiger partial charge on any atom is -0.423 e. The average Bonchev–Trinajstić information content (AvgIpc) is 2.47. The van der Waals surface area contributed by atoms with E-state index in [0.717, 1.165) is 0 Å². The lowest BCUT2D eigenvalue weighted by atomic mass is 9.95. The average molecular weight is 282 g/mol. The van der Waals surface area contributed by atoms with E-state index in [-0.39, 0.29) is 5.97 Å². The van der Waals surface area contributed by atoms with Crippen molar-refractivity contribution in [2.75, 3.05) is 0 Å². The van der Waals surface area contributed by atoms with Crippen LogP contribution in [0.2, 0.25) is 0 Å². The molecule has 0 aliphatic carbocycles. The molecule has 2 nitrogen and oxygen atoms in total. The molecular weight excluding hydrogens is 260 g/mol. The minimum atomic E-state index is -0.314. The zero-order valence-electron chi connectivity index (χ0n) is 13.1. The van der Waals surface area contributed by atoms with Crippen LogP contribution in [-0.2, 0) is 0 Å². The van der Waals surface area contributed by atoms with Gasteiger partial charge in [-0.1, -0.05) is 52.0 Å². The molecule has 0 spiro atoms. The van der Waals surface area contributed by atoms with Crippen LogP contribution in [0.3, 0.4) is 0 Å². The van der Waals surface area contributed by atoms with E-state index in [2.05, 4.69) is 33.8 Å². The van der Waals surface area contributed by atoms with E-state index >= 15 is 0 Å². The largest absolute Gasteiger partial charge is 0.423 e. The SMILES string of the molecule is CC(C)c1cc(OC(=O)c2ccccc2)cc(C(C)C)c1. The molecule has 0 aromatic heterocycles. The highest BCUT2D eigenvalue weighted by Gasteiger charge is 2.12. The number of hydrogen-bond donors (Lipinski definition) is 0. The van der Waals surface area contributed by atoms with Crippen LogP contribution in [0.15, 0.2) is 48.5 Å². The molecule has 0 heterocycles. The minimum absolute atomic E-state index is 0.314. The van der Waals surface area contributed by atoms with Crippen LogP contribution in [0.4, 0.5) is 0 Å². The summed E-state index contributed by atoms with van der Waals surface area (Å²) in [5.74, 6) is 1.11. The van der Waals surface area contributed by atoms with E-state index in [4.69, 9.17) is 4.74 Å². The Kier molecular flexibility index (Phi) is 4.79. The Labute approximate surface area is 126 Å². The van der Waals surface area contributed by atoms with E-state index in [1.807, 2.05) is 30.3 Å². The second-order valence-corrected chi connectivity index (χ2v) is 5.90. The number of carbonyl (C=O) groups is 1. The number of benzene rings is 2. The summed E-state index contributed by atoms with van der Waals surface area (Å²) in [6, 6.07) is 15.2. The molecule has 110 valence electrons. The van der Waals surface area contributed by atoms with Crippen LogP contribution in [0.25, 0.3) is 0 Å². The van der Waals surface area contributed by atoms with Crippen molar-refractivity contribution in [3.8, 4) is 5.75 Å². The molecule has 0 saturated heterocycles. The number of rotatable bonds is 4. The second kappa shape index (κ2) is 6.57. The molecule has 0 atom stereocenters. The van der Waals surface area contributed by atoms with Gasteiger partial charge in [0.2, 0.25) is 0 Å². The van der Waals surface area contributed by atoms with Crippen LogP contribution in [0.1, 0.15) is 61.0 Å². The first kappa shape index (κ1) is 15.3. The quantitative estimate of drug-likeness (QED) is 0.572. The van der Waals surface area contributed by atoms with Gasteiger partial charge in [0.15, 0.2) is 0 Å². The Balaban J connectivity index is 2.29. The van der Waals surface area contributed by atoms with Crippen molar-refractivity contribution < 1.29 is 9.53 Å². The summed E-state index contributed by atoms with van der Waals surface area (Å²) >= 11 is 0. The van der Waals surface area contributed by atoms with Crippen molar-refractivity contribution >= 4 is 5.97 Å². The highest BCUT2D eigenvalue weighted by Crippen LogP contribution is 2.27. The fourth-order valence-corrected chi connectivity index (χ4v) is 2.11. The van der Waals surface area contributed by atoms with Gasteiger partial charge in [-0.25, -0.2) is 4.79 Å². The van der Waals surface area contributed by atoms with Crippen molar-refractivity contribution in [3.05, 3.63) is 65.2 Å². The Morgan fingerprint density at radius 1 is 0.857 bits per heavy atom. The normalized spacial score (nSPS) is 11.0. The molecule has 0 unspecified atom stereocenters. The Morgan fingerprint density at radius 3 is 1.86 bits per heavy atom. The maximum atomic E-state index is 12.2. The Bertz CT molecular complexity index is 586. The smallest absolute Gasteiger partial charge is 0.343 e. The van der Waals surface area contributed by atoms with E-state index in [9.17, 15) is 4.79 Å². The first-order chi connectivity index (χ1) is 9.97. The van der Waals surface area contributed by atoms with Gasteiger partial charge in [-0.15, -0.1) is 0 Å². The van der Waals surface area contributed by atoms with Gasteiger partial charge in [0.25, 0.3) is 0 Å². The number of hydrogen-bond acceptors (Lipinski definition) is 2. The first-order valence-corrected chi connectivity index (χ1v) is 7.39. The molecule has 21 heavy (non-hydrogen) atoms. The van der Waals surface area contributed by atoms with Crippen LogP contribution in [-0.4, -0.2) is 5.97 Å². The van der Waals surface area contributed by atoms with E-state index in [1.54, 1.807) is 12.1 Å². The summed E-state index contributed by atoms with van der Waals surface area (Å²) in [5, 5.41) is 0. The lowest BCUT2D eigenvalue weighted by Gasteiger charge is -2.14. The molecule has 2 rings (SSSR count). The molecule has 0 saturated carbocycles. The van der Waals surface area contributed by atoms with Gasteiger partial charge >= 0.3 is 5.97 Å². The summed E-state index contributed by atoms with van der Waals surface area (Å²) in [7, 11) is 0. The predicted octanol–water partition coefficient (Wildman–Crippen LogP) is 5.15. The summed E-state index contributed by atoms with van der Waals surface area (Å²) in [6.07, 6.45) is 0. The van der Waals surface area contributed by atoms with Crippen molar-refractivity contribution in [2.45, 2.75) is 39.5 Å². The molecule has 0 fully saturated rings. The van der Waals surface area contributed by atoms with Crippen molar-refractivity contribution in [1.29, 1.82) is 0 Å². The van der Waals surface area contributed by atoms with E-state index in [1.165, 1.54) is 11.1 Å². The molecule has 2 aromatic carbocycles. The molecule has 0 N–H and O–H groups in total. The third-order valence-electron chi connectivity index (χ3n) is 3.50. The predicted molar refractivity (Wildman–Crippen MR) is 86.0 cm³/mol. The third-order valence-corrected chi connectivity index (χ3v) is 3.50. The number of carbonyl (C=O) groups excluding carboxylic acids is 1. The summed E-state index contributed by atoms with van der Waals surface area (Å²) in [4.78, 5) is 12.2. The Hall–Kier alpha value is -2.09. The van der Waals surface area contributed by atoms with Crippen LogP contribution >= 0.6 is 0 Å². The van der Waals surface area contributed by atoms with Crippen LogP contribution in [0, 0.1) is 0 Å². The number of ether oxygens (including phenoxy) is 1. The molecule has 2 aromatic rings. The van der Waals surface area contributed by atoms with Gasteiger partial charge in [0.05, 0.1) is 5.56 Å². The highest BCUT2D eigenvalue weighted by molar-refractivity contribution is 5.91. The second-order valence-electron chi connectivity index (χ2n) is 5.90. The maximum Gasteiger partial charge on any atom is 0.343 e. The Morgan fingerprint density at radius 2 is 1.38 bits per heavy atom. The van der Waals surface area contributed by atoms with Gasteiger partial charge in [0.1, 0.15) is 5.75 Å². The molecule has 0 bridgehead atoms. The van der Waals surface area contributed by atoms with Gasteiger partial charge in [0, 0.05) is 0 Å². The summed E-state index contributed by atoms with van der Waals surface area (Å²) in [6.45, 7) is 8.56. The van der Waals surface area contributed by atoms with E-state index in [0.29, 0.717) is 23.1 Å². The highest BCUT2D eigenvalue weighted by atomic mass is 16.5. The molecule has 0 amide bonds. The fraction of sp³-hybridized carbons (Fsp3) is 0.316. The van der Waals surface area contributed by atoms with Crippen LogP contribution in [0.5, 0.6) is 5.75 Å². The number of esters is 1. The van der Waals surface area contributed by atoms with Crippen molar-refractivity contribution in [3.63, 3.8) is 0 Å². The zero-order valence-corrected chi connectivity index (χ0v) is 13.1. The van der Waals surface area contributed by atoms with Gasteiger partial charge < -0.3 is 4.74 Å². The standard InChI is InChI=1S/C19H22O2/c1-13(2)16-10-17(14(3)4)12-18(11-16)21-19(20)15-8-6-5-7-9-15/h5-14H,1-4H3. The van der Waals surface area contributed by atoms with Gasteiger partial charge in [-0.2, -0.15) is 0 Å². The third kappa shape index (κ3) is 3.94. The van der Waals surface area contributed by atoms with Gasteiger partial charge in [-0.05, 0) is 47.2 Å². The lowest BCUT2D eigenvalue weighted by Crippen LogP contribution is -2.09.